The molecule has 0 atom stereocenters. The van der Waals surface area contributed by atoms with Gasteiger partial charge in [0.25, 0.3) is 0 Å². The molecular weight excluding hydrogens is 325 g/mol. The molecule has 0 aliphatic heterocycles. The molecule has 2 aromatic carbocycles. The molecule has 0 spiro atoms. The summed E-state index contributed by atoms with van der Waals surface area (Å²) in [5.74, 6) is 0.0813. The molecule has 0 fully saturated rings. The first-order chi connectivity index (χ1) is 10.6. The van der Waals surface area contributed by atoms with Crippen LogP contribution in [0.3, 0.4) is 0 Å². The number of para-hydroxylation sites is 1. The quantitative estimate of drug-likeness (QED) is 0.337. The lowest BCUT2D eigenvalue weighted by molar-refractivity contribution is -0.132. The van der Waals surface area contributed by atoms with E-state index in [1.807, 2.05) is 6.07 Å². The van der Waals surface area contributed by atoms with Crippen molar-refractivity contribution < 1.29 is 14.4 Å². The molecule has 0 bridgehead atoms. The standard InChI is InChI=1S/C16H13Cl2NO3/c17-13-7-6-12(15(18)10-13)11-21-19-9-8-16(20)22-14-4-2-1-3-5-14/h1-7,9-10H,8,11H2/b19-9-. The van der Waals surface area contributed by atoms with Crippen LogP contribution in [0.5, 0.6) is 5.75 Å². The third-order valence-corrected chi connectivity index (χ3v) is 3.20. The molecule has 0 unspecified atom stereocenters. The van der Waals surface area contributed by atoms with E-state index in [1.165, 1.54) is 6.21 Å². The predicted octanol–water partition coefficient (Wildman–Crippen LogP) is 4.49. The highest BCUT2D eigenvalue weighted by Gasteiger charge is 2.03. The lowest BCUT2D eigenvalue weighted by atomic mass is 10.2. The van der Waals surface area contributed by atoms with Crippen molar-refractivity contribution in [2.75, 3.05) is 0 Å². The highest BCUT2D eigenvalue weighted by Crippen LogP contribution is 2.21. The number of carbonyl (C=O) groups is 1. The van der Waals surface area contributed by atoms with Gasteiger partial charge in [0.05, 0.1) is 12.6 Å². The van der Waals surface area contributed by atoms with Crippen molar-refractivity contribution in [3.63, 3.8) is 0 Å². The van der Waals surface area contributed by atoms with E-state index < -0.39 is 5.97 Å². The van der Waals surface area contributed by atoms with Crippen LogP contribution < -0.4 is 4.74 Å². The normalized spacial score (nSPS) is 10.6. The lowest BCUT2D eigenvalue weighted by Gasteiger charge is -2.03. The molecule has 4 nitrogen and oxygen atoms in total. The number of ether oxygens (including phenoxy) is 1. The Morgan fingerprint density at radius 3 is 2.64 bits per heavy atom. The second-order valence-electron chi connectivity index (χ2n) is 4.29. The molecule has 0 heterocycles. The molecule has 0 N–H and O–H groups in total. The first kappa shape index (κ1) is 16.3. The molecular formula is C16H13Cl2NO3. The molecule has 2 aromatic rings. The number of nitrogens with zero attached hydrogens (tertiary/aromatic N) is 1. The van der Waals surface area contributed by atoms with E-state index in [9.17, 15) is 4.79 Å². The first-order valence-corrected chi connectivity index (χ1v) is 7.24. The van der Waals surface area contributed by atoms with Gasteiger partial charge in [-0.3, -0.25) is 4.79 Å². The first-order valence-electron chi connectivity index (χ1n) is 6.48. The molecule has 0 aliphatic carbocycles. The molecule has 0 saturated heterocycles. The smallest absolute Gasteiger partial charge is 0.316 e. The maximum absolute atomic E-state index is 11.5. The zero-order chi connectivity index (χ0) is 15.8. The van der Waals surface area contributed by atoms with Crippen LogP contribution >= 0.6 is 23.2 Å². The molecule has 0 aliphatic rings. The summed E-state index contributed by atoms with van der Waals surface area (Å²) in [5, 5.41) is 4.76. The summed E-state index contributed by atoms with van der Waals surface area (Å²) in [6.07, 6.45) is 1.36. The minimum absolute atomic E-state index is 0.0171. The largest absolute Gasteiger partial charge is 0.426 e. The summed E-state index contributed by atoms with van der Waals surface area (Å²) in [6.45, 7) is 0.195. The van der Waals surface area contributed by atoms with Gasteiger partial charge in [-0.1, -0.05) is 52.6 Å². The second kappa shape index (κ2) is 8.41. The topological polar surface area (TPSA) is 47.9 Å². The zero-order valence-electron chi connectivity index (χ0n) is 11.5. The van der Waals surface area contributed by atoms with E-state index >= 15 is 0 Å². The van der Waals surface area contributed by atoms with Gasteiger partial charge in [-0.2, -0.15) is 0 Å². The Balaban J connectivity index is 1.73. The van der Waals surface area contributed by atoms with Gasteiger partial charge < -0.3 is 9.57 Å². The Bertz CT molecular complexity index is 660. The minimum atomic E-state index is -0.414. The molecule has 22 heavy (non-hydrogen) atoms. The van der Waals surface area contributed by atoms with Gasteiger partial charge in [0.15, 0.2) is 0 Å². The van der Waals surface area contributed by atoms with E-state index in [-0.39, 0.29) is 13.0 Å². The van der Waals surface area contributed by atoms with Crippen LogP contribution in [-0.4, -0.2) is 12.2 Å². The average Bonchev–Trinajstić information content (AvgIpc) is 2.50. The molecule has 0 radical (unpaired) electrons. The van der Waals surface area contributed by atoms with Gasteiger partial charge in [-0.25, -0.2) is 0 Å². The number of esters is 1. The van der Waals surface area contributed by atoms with Gasteiger partial charge in [0.1, 0.15) is 12.4 Å². The Morgan fingerprint density at radius 2 is 1.91 bits per heavy atom. The van der Waals surface area contributed by atoms with Crippen LogP contribution in [0.15, 0.2) is 53.7 Å². The van der Waals surface area contributed by atoms with E-state index in [1.54, 1.807) is 42.5 Å². The highest BCUT2D eigenvalue weighted by molar-refractivity contribution is 6.35. The maximum Gasteiger partial charge on any atom is 0.316 e. The van der Waals surface area contributed by atoms with E-state index in [2.05, 4.69) is 5.16 Å². The molecule has 0 aromatic heterocycles. The SMILES string of the molecule is O=C(C/C=N\OCc1ccc(Cl)cc1Cl)Oc1ccccc1. The number of rotatable bonds is 6. The predicted molar refractivity (Wildman–Crippen MR) is 86.4 cm³/mol. The molecule has 2 rings (SSSR count). The number of benzene rings is 2. The fourth-order valence-electron chi connectivity index (χ4n) is 1.57. The average molecular weight is 338 g/mol. The molecule has 114 valence electrons. The van der Waals surface area contributed by atoms with E-state index in [4.69, 9.17) is 32.8 Å². The second-order valence-corrected chi connectivity index (χ2v) is 5.13. The van der Waals surface area contributed by atoms with Gasteiger partial charge in [0, 0.05) is 15.6 Å². The monoisotopic (exact) mass is 337 g/mol. The summed E-state index contributed by atoms with van der Waals surface area (Å²) in [7, 11) is 0. The summed E-state index contributed by atoms with van der Waals surface area (Å²) in [6, 6.07) is 13.9. The molecule has 6 heteroatoms. The number of hydrogen-bond acceptors (Lipinski definition) is 4. The Labute approximate surface area is 138 Å². The van der Waals surface area contributed by atoms with Crippen molar-refractivity contribution in [3.05, 3.63) is 64.1 Å². The summed E-state index contributed by atoms with van der Waals surface area (Å²) < 4.78 is 5.09. The minimum Gasteiger partial charge on any atom is -0.426 e. The van der Waals surface area contributed by atoms with Crippen molar-refractivity contribution in [2.24, 2.45) is 5.16 Å². The number of halogens is 2. The summed E-state index contributed by atoms with van der Waals surface area (Å²) in [4.78, 5) is 16.6. The van der Waals surface area contributed by atoms with Gasteiger partial charge >= 0.3 is 5.97 Å². The number of hydrogen-bond donors (Lipinski definition) is 0. The highest BCUT2D eigenvalue weighted by atomic mass is 35.5. The van der Waals surface area contributed by atoms with Crippen molar-refractivity contribution in [2.45, 2.75) is 13.0 Å². The Kier molecular flexibility index (Phi) is 6.25. The van der Waals surface area contributed by atoms with Crippen LogP contribution in [0.25, 0.3) is 0 Å². The maximum atomic E-state index is 11.5. The van der Waals surface area contributed by atoms with Crippen molar-refractivity contribution in [1.82, 2.24) is 0 Å². The van der Waals surface area contributed by atoms with Crippen LogP contribution in [0.1, 0.15) is 12.0 Å². The molecule has 0 amide bonds. The third-order valence-electron chi connectivity index (χ3n) is 2.62. The van der Waals surface area contributed by atoms with Crippen molar-refractivity contribution in [1.29, 1.82) is 0 Å². The van der Waals surface area contributed by atoms with Gasteiger partial charge in [-0.05, 0) is 24.3 Å². The fraction of sp³-hybridized carbons (Fsp3) is 0.125. The fourth-order valence-corrected chi connectivity index (χ4v) is 2.03. The van der Waals surface area contributed by atoms with Crippen LogP contribution in [-0.2, 0) is 16.2 Å². The van der Waals surface area contributed by atoms with Gasteiger partial charge in [-0.15, -0.1) is 0 Å². The number of carbonyl (C=O) groups excluding carboxylic acids is 1. The van der Waals surface area contributed by atoms with Gasteiger partial charge in [0.2, 0.25) is 0 Å². The summed E-state index contributed by atoms with van der Waals surface area (Å²) in [5.41, 5.74) is 0.759. The molecule has 0 saturated carbocycles. The Morgan fingerprint density at radius 1 is 1.14 bits per heavy atom. The van der Waals surface area contributed by atoms with Crippen molar-refractivity contribution >= 4 is 35.4 Å². The number of oxime groups is 1. The zero-order valence-corrected chi connectivity index (χ0v) is 13.1. The van der Waals surface area contributed by atoms with Crippen molar-refractivity contribution in [3.8, 4) is 5.75 Å². The van der Waals surface area contributed by atoms with E-state index in [0.29, 0.717) is 15.8 Å². The van der Waals surface area contributed by atoms with Crippen LogP contribution in [0.4, 0.5) is 0 Å². The summed E-state index contributed by atoms with van der Waals surface area (Å²) >= 11 is 11.8. The van der Waals surface area contributed by atoms with E-state index in [0.717, 1.165) is 5.56 Å². The third kappa shape index (κ3) is 5.39. The Hall–Kier alpha value is -2.04. The van der Waals surface area contributed by atoms with Crippen LogP contribution in [0, 0.1) is 0 Å². The van der Waals surface area contributed by atoms with Crippen LogP contribution in [0.2, 0.25) is 10.0 Å². The lowest BCUT2D eigenvalue weighted by Crippen LogP contribution is -2.08.